The summed E-state index contributed by atoms with van der Waals surface area (Å²) >= 11 is 7.21. The fourth-order valence-electron chi connectivity index (χ4n) is 2.03. The molecule has 0 unspecified atom stereocenters. The van der Waals surface area contributed by atoms with E-state index in [1.54, 1.807) is 31.4 Å². The summed E-state index contributed by atoms with van der Waals surface area (Å²) in [7, 11) is 1.62. The zero-order chi connectivity index (χ0) is 16.9. The molecule has 0 atom stereocenters. The Labute approximate surface area is 148 Å². The molecule has 0 spiro atoms. The molecule has 24 heavy (non-hydrogen) atoms. The van der Waals surface area contributed by atoms with Gasteiger partial charge in [0.15, 0.2) is 0 Å². The molecule has 2 aromatic carbocycles. The predicted octanol–water partition coefficient (Wildman–Crippen LogP) is 4.23. The molecule has 5 nitrogen and oxygen atoms in total. The summed E-state index contributed by atoms with van der Waals surface area (Å²) in [6, 6.07) is 14.3. The monoisotopic (exact) mass is 359 g/mol. The van der Waals surface area contributed by atoms with E-state index in [0.29, 0.717) is 15.7 Å². The molecule has 0 radical (unpaired) electrons. The number of ether oxygens (including phenoxy) is 1. The van der Waals surface area contributed by atoms with Gasteiger partial charge in [0.1, 0.15) is 5.75 Å². The van der Waals surface area contributed by atoms with Crippen molar-refractivity contribution in [2.75, 3.05) is 12.5 Å². The Morgan fingerprint density at radius 2 is 2.00 bits per heavy atom. The Morgan fingerprint density at radius 1 is 1.21 bits per heavy atom. The van der Waals surface area contributed by atoms with E-state index < -0.39 is 0 Å². The van der Waals surface area contributed by atoms with Crippen LogP contribution in [-0.4, -0.2) is 18.0 Å². The number of methoxy groups -OCH3 is 1. The summed E-state index contributed by atoms with van der Waals surface area (Å²) in [4.78, 5) is 16.5. The summed E-state index contributed by atoms with van der Waals surface area (Å²) in [5.74, 6) is 0.510. The maximum absolute atomic E-state index is 12.0. The van der Waals surface area contributed by atoms with Gasteiger partial charge in [0, 0.05) is 21.5 Å². The zero-order valence-corrected chi connectivity index (χ0v) is 14.3. The number of carbonyl (C=O) groups is 1. The molecule has 0 aliphatic rings. The first-order chi connectivity index (χ1) is 11.7. The molecular formula is C17H14ClN3O2S. The van der Waals surface area contributed by atoms with Gasteiger partial charge in [-0.25, -0.2) is 4.98 Å². The van der Waals surface area contributed by atoms with E-state index in [4.69, 9.17) is 16.3 Å². The van der Waals surface area contributed by atoms with Crippen molar-refractivity contribution in [3.8, 4) is 17.0 Å². The van der Waals surface area contributed by atoms with Crippen LogP contribution in [0.25, 0.3) is 11.3 Å². The number of halogens is 1. The van der Waals surface area contributed by atoms with Gasteiger partial charge >= 0.3 is 0 Å². The lowest BCUT2D eigenvalue weighted by Gasteiger charge is -2.05. The van der Waals surface area contributed by atoms with E-state index >= 15 is 0 Å². The molecule has 7 heteroatoms. The van der Waals surface area contributed by atoms with Crippen LogP contribution >= 0.6 is 22.9 Å². The van der Waals surface area contributed by atoms with Gasteiger partial charge in [-0.3, -0.25) is 15.6 Å². The van der Waals surface area contributed by atoms with Gasteiger partial charge in [0.25, 0.3) is 5.91 Å². The number of rotatable bonds is 5. The quantitative estimate of drug-likeness (QED) is 0.669. The fraction of sp³-hybridized carbons (Fsp3) is 0.0588. The third-order valence-corrected chi connectivity index (χ3v) is 4.27. The first-order valence-electron chi connectivity index (χ1n) is 7.07. The van der Waals surface area contributed by atoms with Crippen molar-refractivity contribution in [3.05, 3.63) is 64.5 Å². The van der Waals surface area contributed by atoms with Gasteiger partial charge < -0.3 is 4.74 Å². The minimum absolute atomic E-state index is 0.259. The molecule has 1 aromatic heterocycles. The van der Waals surface area contributed by atoms with Crippen molar-refractivity contribution in [1.82, 2.24) is 10.4 Å². The highest BCUT2D eigenvalue weighted by Crippen LogP contribution is 2.27. The van der Waals surface area contributed by atoms with Crippen molar-refractivity contribution in [2.24, 2.45) is 0 Å². The van der Waals surface area contributed by atoms with E-state index in [9.17, 15) is 4.79 Å². The van der Waals surface area contributed by atoms with Crippen LogP contribution in [-0.2, 0) is 0 Å². The second kappa shape index (κ2) is 7.33. The van der Waals surface area contributed by atoms with Crippen LogP contribution in [0.2, 0.25) is 5.02 Å². The Hall–Kier alpha value is -2.57. The van der Waals surface area contributed by atoms with Gasteiger partial charge in [0.05, 0.1) is 12.8 Å². The Morgan fingerprint density at radius 3 is 2.75 bits per heavy atom. The highest BCUT2D eigenvalue weighted by molar-refractivity contribution is 7.14. The predicted molar refractivity (Wildman–Crippen MR) is 96.6 cm³/mol. The van der Waals surface area contributed by atoms with Crippen LogP contribution in [0.1, 0.15) is 10.4 Å². The van der Waals surface area contributed by atoms with Gasteiger partial charge in [-0.05, 0) is 36.4 Å². The first kappa shape index (κ1) is 16.3. The van der Waals surface area contributed by atoms with Gasteiger partial charge in [0.2, 0.25) is 5.13 Å². The summed E-state index contributed by atoms with van der Waals surface area (Å²) < 4.78 is 5.21. The SMILES string of the molecule is COc1cccc(-c2csc(NNC(=O)c3ccc(Cl)cc3)n2)c1. The molecule has 0 fully saturated rings. The van der Waals surface area contributed by atoms with Crippen molar-refractivity contribution < 1.29 is 9.53 Å². The number of amides is 1. The topological polar surface area (TPSA) is 63.2 Å². The molecule has 3 aromatic rings. The average Bonchev–Trinajstić information content (AvgIpc) is 3.09. The highest BCUT2D eigenvalue weighted by atomic mass is 35.5. The summed E-state index contributed by atoms with van der Waals surface area (Å²) in [6.45, 7) is 0. The van der Waals surface area contributed by atoms with Crippen LogP contribution in [0, 0.1) is 0 Å². The van der Waals surface area contributed by atoms with E-state index in [1.807, 2.05) is 29.6 Å². The fourth-order valence-corrected chi connectivity index (χ4v) is 2.83. The van der Waals surface area contributed by atoms with Gasteiger partial charge in [-0.1, -0.05) is 23.7 Å². The summed E-state index contributed by atoms with van der Waals surface area (Å²) in [6.07, 6.45) is 0. The normalized spacial score (nSPS) is 10.2. The van der Waals surface area contributed by atoms with Gasteiger partial charge in [-0.15, -0.1) is 11.3 Å². The number of hydrogen-bond acceptors (Lipinski definition) is 5. The van der Waals surface area contributed by atoms with Crippen molar-refractivity contribution in [1.29, 1.82) is 0 Å². The maximum Gasteiger partial charge on any atom is 0.269 e. The first-order valence-corrected chi connectivity index (χ1v) is 8.33. The number of hydrogen-bond donors (Lipinski definition) is 2. The highest BCUT2D eigenvalue weighted by Gasteiger charge is 2.08. The molecule has 1 heterocycles. The lowest BCUT2D eigenvalue weighted by atomic mass is 10.2. The molecule has 1 amide bonds. The number of nitrogens with zero attached hydrogens (tertiary/aromatic N) is 1. The molecule has 3 rings (SSSR count). The molecule has 0 bridgehead atoms. The van der Waals surface area contributed by atoms with E-state index in [2.05, 4.69) is 15.8 Å². The standard InChI is InChI=1S/C17H14ClN3O2S/c1-23-14-4-2-3-12(9-14)15-10-24-17(19-15)21-20-16(22)11-5-7-13(18)8-6-11/h2-10H,1H3,(H,19,21)(H,20,22). The molecule has 0 aliphatic carbocycles. The number of hydrazine groups is 1. The Bertz CT molecular complexity index is 849. The van der Waals surface area contributed by atoms with Crippen LogP contribution in [0.3, 0.4) is 0 Å². The van der Waals surface area contributed by atoms with Crippen LogP contribution in [0.5, 0.6) is 5.75 Å². The smallest absolute Gasteiger partial charge is 0.269 e. The molecule has 2 N–H and O–H groups in total. The zero-order valence-electron chi connectivity index (χ0n) is 12.7. The Kier molecular flexibility index (Phi) is 4.98. The number of carbonyl (C=O) groups excluding carboxylic acids is 1. The third kappa shape index (κ3) is 3.84. The molecule has 122 valence electrons. The van der Waals surface area contributed by atoms with E-state index in [1.165, 1.54) is 11.3 Å². The number of benzene rings is 2. The number of nitrogens with one attached hydrogen (secondary N) is 2. The van der Waals surface area contributed by atoms with Crippen molar-refractivity contribution in [3.63, 3.8) is 0 Å². The van der Waals surface area contributed by atoms with Crippen LogP contribution < -0.4 is 15.6 Å². The third-order valence-electron chi connectivity index (χ3n) is 3.26. The van der Waals surface area contributed by atoms with E-state index in [0.717, 1.165) is 17.0 Å². The molecular weight excluding hydrogens is 346 g/mol. The summed E-state index contributed by atoms with van der Waals surface area (Å²) in [5, 5.41) is 3.09. The largest absolute Gasteiger partial charge is 0.497 e. The molecule has 0 aliphatic heterocycles. The Balaban J connectivity index is 1.65. The number of anilines is 1. The van der Waals surface area contributed by atoms with Gasteiger partial charge in [-0.2, -0.15) is 0 Å². The molecule has 0 saturated carbocycles. The second-order valence-corrected chi connectivity index (χ2v) is 6.15. The minimum atomic E-state index is -0.259. The average molecular weight is 360 g/mol. The summed E-state index contributed by atoms with van der Waals surface area (Å²) in [5.41, 5.74) is 7.70. The maximum atomic E-state index is 12.0. The molecule has 0 saturated heterocycles. The van der Waals surface area contributed by atoms with E-state index in [-0.39, 0.29) is 5.91 Å². The number of thiazole rings is 1. The van der Waals surface area contributed by atoms with Crippen molar-refractivity contribution >= 4 is 34.0 Å². The number of aromatic nitrogens is 1. The lowest BCUT2D eigenvalue weighted by Crippen LogP contribution is -2.29. The van der Waals surface area contributed by atoms with Crippen molar-refractivity contribution in [2.45, 2.75) is 0 Å². The van der Waals surface area contributed by atoms with Crippen LogP contribution in [0.15, 0.2) is 53.9 Å². The van der Waals surface area contributed by atoms with Crippen LogP contribution in [0.4, 0.5) is 5.13 Å². The minimum Gasteiger partial charge on any atom is -0.497 e. The lowest BCUT2D eigenvalue weighted by molar-refractivity contribution is 0.0962. The second-order valence-electron chi connectivity index (χ2n) is 4.86.